The zero-order chi connectivity index (χ0) is 21.2. The topological polar surface area (TPSA) is 87.5 Å². The molecule has 1 aliphatic rings. The summed E-state index contributed by atoms with van der Waals surface area (Å²) in [5, 5.41) is 7.35. The van der Waals surface area contributed by atoms with E-state index in [1.807, 2.05) is 40.7 Å². The second kappa shape index (κ2) is 8.32. The van der Waals surface area contributed by atoms with Crippen molar-refractivity contribution in [3.63, 3.8) is 0 Å². The Balaban J connectivity index is 2.20. The highest BCUT2D eigenvalue weighted by Crippen LogP contribution is 2.22. The first-order valence-electron chi connectivity index (χ1n) is 9.80. The molecule has 0 saturated carbocycles. The number of rotatable bonds is 4. The van der Waals surface area contributed by atoms with E-state index in [0.29, 0.717) is 31.2 Å². The average Bonchev–Trinajstić information content (AvgIpc) is 3.00. The number of hydrogen-bond acceptors (Lipinski definition) is 4. The lowest BCUT2D eigenvalue weighted by Crippen LogP contribution is -2.61. The van der Waals surface area contributed by atoms with Crippen LogP contribution in [-0.2, 0) is 22.1 Å². The molecule has 2 rings (SSSR count). The second-order valence-electron chi connectivity index (χ2n) is 8.91. The van der Waals surface area contributed by atoms with Gasteiger partial charge in [-0.3, -0.25) is 19.1 Å². The van der Waals surface area contributed by atoms with Crippen LogP contribution in [0.5, 0.6) is 0 Å². The van der Waals surface area contributed by atoms with Gasteiger partial charge in [0.2, 0.25) is 11.8 Å². The third kappa shape index (κ3) is 4.91. The van der Waals surface area contributed by atoms with Crippen LogP contribution in [0.1, 0.15) is 57.7 Å². The minimum Gasteiger partial charge on any atom is -0.354 e. The van der Waals surface area contributed by atoms with Crippen LogP contribution < -0.4 is 5.32 Å². The SMILES string of the molecule is CC(=O)N1CCN(C(=O)c2cc(C(C)(C)C)nn2C)CC1C(=O)NCC(C)C. The normalized spacial score (nSPS) is 17.8. The van der Waals surface area contributed by atoms with Crippen molar-refractivity contribution in [1.82, 2.24) is 24.9 Å². The lowest BCUT2D eigenvalue weighted by molar-refractivity contribution is -0.141. The summed E-state index contributed by atoms with van der Waals surface area (Å²) in [6, 6.07) is 1.14. The van der Waals surface area contributed by atoms with E-state index < -0.39 is 6.04 Å². The molecule has 1 unspecified atom stereocenters. The first-order valence-corrected chi connectivity index (χ1v) is 9.80. The number of aromatic nitrogens is 2. The van der Waals surface area contributed by atoms with Crippen molar-refractivity contribution in [2.45, 2.75) is 53.0 Å². The number of amides is 3. The number of nitrogens with zero attached hydrogens (tertiary/aromatic N) is 4. The molecule has 8 heteroatoms. The van der Waals surface area contributed by atoms with E-state index in [9.17, 15) is 14.4 Å². The molecule has 1 aliphatic heterocycles. The van der Waals surface area contributed by atoms with Crippen LogP contribution in [0.15, 0.2) is 6.07 Å². The van der Waals surface area contributed by atoms with Crippen molar-refractivity contribution >= 4 is 17.7 Å². The molecule has 8 nitrogen and oxygen atoms in total. The van der Waals surface area contributed by atoms with Crippen LogP contribution in [0, 0.1) is 5.92 Å². The van der Waals surface area contributed by atoms with Gasteiger partial charge in [-0.25, -0.2) is 0 Å². The van der Waals surface area contributed by atoms with Gasteiger partial charge in [0.25, 0.3) is 5.91 Å². The highest BCUT2D eigenvalue weighted by Gasteiger charge is 2.36. The smallest absolute Gasteiger partial charge is 0.272 e. The largest absolute Gasteiger partial charge is 0.354 e. The van der Waals surface area contributed by atoms with E-state index in [1.165, 1.54) is 6.92 Å². The molecule has 1 aromatic rings. The van der Waals surface area contributed by atoms with Crippen LogP contribution in [0.4, 0.5) is 0 Å². The van der Waals surface area contributed by atoms with Gasteiger partial charge in [-0.05, 0) is 12.0 Å². The Bertz CT molecular complexity index is 748. The number of aryl methyl sites for hydroxylation is 1. The molecule has 156 valence electrons. The Morgan fingerprint density at radius 2 is 1.89 bits per heavy atom. The maximum atomic E-state index is 13.1. The molecular formula is C20H33N5O3. The molecule has 1 atom stereocenters. The van der Waals surface area contributed by atoms with Gasteiger partial charge in [-0.1, -0.05) is 34.6 Å². The number of carbonyl (C=O) groups is 3. The molecule has 0 aliphatic carbocycles. The fourth-order valence-corrected chi connectivity index (χ4v) is 3.19. The highest BCUT2D eigenvalue weighted by atomic mass is 16.2. The Hall–Kier alpha value is -2.38. The minimum absolute atomic E-state index is 0.160. The van der Waals surface area contributed by atoms with Crippen molar-refractivity contribution in [2.75, 3.05) is 26.2 Å². The summed E-state index contributed by atoms with van der Waals surface area (Å²) >= 11 is 0. The zero-order valence-corrected chi connectivity index (χ0v) is 18.1. The van der Waals surface area contributed by atoms with Crippen LogP contribution in [-0.4, -0.2) is 69.5 Å². The predicted molar refractivity (Wildman–Crippen MR) is 107 cm³/mol. The van der Waals surface area contributed by atoms with Gasteiger partial charge in [0.05, 0.1) is 12.2 Å². The number of hydrogen-bond donors (Lipinski definition) is 1. The van der Waals surface area contributed by atoms with Gasteiger partial charge >= 0.3 is 0 Å². The Morgan fingerprint density at radius 1 is 1.25 bits per heavy atom. The van der Waals surface area contributed by atoms with E-state index in [2.05, 4.69) is 10.4 Å². The third-order valence-electron chi connectivity index (χ3n) is 4.93. The molecule has 1 saturated heterocycles. The highest BCUT2D eigenvalue weighted by molar-refractivity contribution is 5.94. The molecule has 0 aromatic carbocycles. The van der Waals surface area contributed by atoms with Gasteiger partial charge in [0.15, 0.2) is 0 Å². The van der Waals surface area contributed by atoms with E-state index in [4.69, 9.17) is 0 Å². The first-order chi connectivity index (χ1) is 12.9. The van der Waals surface area contributed by atoms with Crippen molar-refractivity contribution in [3.8, 4) is 0 Å². The fraction of sp³-hybridized carbons (Fsp3) is 0.700. The quantitative estimate of drug-likeness (QED) is 0.834. The molecular weight excluding hydrogens is 358 g/mol. The molecule has 1 N–H and O–H groups in total. The van der Waals surface area contributed by atoms with E-state index in [0.717, 1.165) is 5.69 Å². The average molecular weight is 392 g/mol. The molecule has 28 heavy (non-hydrogen) atoms. The Labute approximate surface area is 167 Å². The predicted octanol–water partition coefficient (Wildman–Crippen LogP) is 1.16. The van der Waals surface area contributed by atoms with Crippen molar-refractivity contribution in [1.29, 1.82) is 0 Å². The minimum atomic E-state index is -0.677. The lowest BCUT2D eigenvalue weighted by atomic mass is 9.92. The molecule has 0 bridgehead atoms. The van der Waals surface area contributed by atoms with Gasteiger partial charge in [-0.2, -0.15) is 5.10 Å². The molecule has 0 spiro atoms. The van der Waals surface area contributed by atoms with Crippen LogP contribution in [0.3, 0.4) is 0 Å². The molecule has 2 heterocycles. The zero-order valence-electron chi connectivity index (χ0n) is 18.1. The summed E-state index contributed by atoms with van der Waals surface area (Å²) in [5.74, 6) is -0.245. The number of carbonyl (C=O) groups excluding carboxylic acids is 3. The number of nitrogens with one attached hydrogen (secondary N) is 1. The van der Waals surface area contributed by atoms with Crippen molar-refractivity contribution in [3.05, 3.63) is 17.5 Å². The maximum absolute atomic E-state index is 13.1. The van der Waals surface area contributed by atoms with Gasteiger partial charge in [0.1, 0.15) is 11.7 Å². The Morgan fingerprint density at radius 3 is 2.39 bits per heavy atom. The van der Waals surface area contributed by atoms with Crippen LogP contribution >= 0.6 is 0 Å². The lowest BCUT2D eigenvalue weighted by Gasteiger charge is -2.40. The molecule has 3 amide bonds. The second-order valence-corrected chi connectivity index (χ2v) is 8.91. The van der Waals surface area contributed by atoms with E-state index in [-0.39, 0.29) is 29.7 Å². The summed E-state index contributed by atoms with van der Waals surface area (Å²) in [6.45, 7) is 13.1. The van der Waals surface area contributed by atoms with Gasteiger partial charge < -0.3 is 15.1 Å². The summed E-state index contributed by atoms with van der Waals surface area (Å²) in [5.41, 5.74) is 1.16. The number of piperazine rings is 1. The summed E-state index contributed by atoms with van der Waals surface area (Å²) < 4.78 is 1.59. The third-order valence-corrected chi connectivity index (χ3v) is 4.93. The fourth-order valence-electron chi connectivity index (χ4n) is 3.19. The summed E-state index contributed by atoms with van der Waals surface area (Å²) in [6.07, 6.45) is 0. The molecule has 1 aromatic heterocycles. The summed E-state index contributed by atoms with van der Waals surface area (Å²) in [4.78, 5) is 40.9. The standard InChI is InChI=1S/C20H33N5O3/c1-13(2)11-21-18(27)16-12-24(8-9-25(16)14(3)26)19(28)15-10-17(20(4,5)6)22-23(15)7/h10,13,16H,8-9,11-12H2,1-7H3,(H,21,27). The van der Waals surface area contributed by atoms with Crippen LogP contribution in [0.25, 0.3) is 0 Å². The monoisotopic (exact) mass is 391 g/mol. The maximum Gasteiger partial charge on any atom is 0.272 e. The summed E-state index contributed by atoms with van der Waals surface area (Å²) in [7, 11) is 1.75. The van der Waals surface area contributed by atoms with Crippen LogP contribution in [0.2, 0.25) is 0 Å². The van der Waals surface area contributed by atoms with Gasteiger partial charge in [-0.15, -0.1) is 0 Å². The van der Waals surface area contributed by atoms with Crippen molar-refractivity contribution < 1.29 is 14.4 Å². The molecule has 1 fully saturated rings. The van der Waals surface area contributed by atoms with E-state index >= 15 is 0 Å². The van der Waals surface area contributed by atoms with Crippen molar-refractivity contribution in [2.24, 2.45) is 13.0 Å². The first kappa shape index (κ1) is 21.9. The van der Waals surface area contributed by atoms with Gasteiger partial charge in [0, 0.05) is 39.0 Å². The molecule has 0 radical (unpaired) electrons. The Kier molecular flexibility index (Phi) is 6.52. The van der Waals surface area contributed by atoms with E-state index in [1.54, 1.807) is 21.5 Å².